The van der Waals surface area contributed by atoms with Crippen molar-refractivity contribution < 1.29 is 14.3 Å². The van der Waals surface area contributed by atoms with Crippen molar-refractivity contribution in [3.63, 3.8) is 0 Å². The zero-order valence-electron chi connectivity index (χ0n) is 16.1. The zero-order valence-corrected chi connectivity index (χ0v) is 16.1. The number of aromatic nitrogens is 2. The molecule has 1 amide bonds. The van der Waals surface area contributed by atoms with E-state index in [1.54, 1.807) is 0 Å². The summed E-state index contributed by atoms with van der Waals surface area (Å²) in [6, 6.07) is 1.21. The molecule has 0 aliphatic heterocycles. The highest BCUT2D eigenvalue weighted by Crippen LogP contribution is 2.61. The second-order valence-corrected chi connectivity index (χ2v) is 8.97. The molecule has 8 nitrogen and oxygen atoms in total. The van der Waals surface area contributed by atoms with Crippen LogP contribution >= 0.6 is 0 Å². The zero-order chi connectivity index (χ0) is 19.9. The Bertz CT molecular complexity index is 851. The first-order valence-electron chi connectivity index (χ1n) is 10.1. The van der Waals surface area contributed by atoms with E-state index >= 15 is 0 Å². The van der Waals surface area contributed by atoms with E-state index in [0.717, 1.165) is 28.4 Å². The van der Waals surface area contributed by atoms with E-state index in [1.165, 1.54) is 44.7 Å². The van der Waals surface area contributed by atoms with Gasteiger partial charge < -0.3 is 10.1 Å². The highest BCUT2D eigenvalue weighted by Gasteiger charge is 2.53. The van der Waals surface area contributed by atoms with Crippen molar-refractivity contribution in [2.75, 3.05) is 6.61 Å². The molecule has 152 valence electrons. The summed E-state index contributed by atoms with van der Waals surface area (Å²) < 4.78 is 6.04. The Morgan fingerprint density at radius 3 is 2.39 bits per heavy atom. The number of hydrogen-bond acceptors (Lipinski definition) is 5. The van der Waals surface area contributed by atoms with Crippen molar-refractivity contribution in [2.24, 2.45) is 23.2 Å². The highest BCUT2D eigenvalue weighted by atomic mass is 16.5. The molecule has 0 aromatic carbocycles. The topological polar surface area (TPSA) is 110 Å². The van der Waals surface area contributed by atoms with Gasteiger partial charge in [0, 0.05) is 18.3 Å². The van der Waals surface area contributed by atoms with Gasteiger partial charge in [-0.05, 0) is 68.6 Å². The second kappa shape index (κ2) is 7.22. The first-order chi connectivity index (χ1) is 13.3. The van der Waals surface area contributed by atoms with Crippen LogP contribution in [0.3, 0.4) is 0 Å². The number of H-pyrrole nitrogens is 1. The summed E-state index contributed by atoms with van der Waals surface area (Å²) in [6.07, 6.45) is 8.84. The Kier molecular flexibility index (Phi) is 4.89. The number of carbonyl (C=O) groups excluding carboxylic acids is 2. The number of esters is 1. The summed E-state index contributed by atoms with van der Waals surface area (Å²) in [5.41, 5.74) is -1.03. The fourth-order valence-corrected chi connectivity index (χ4v) is 6.04. The van der Waals surface area contributed by atoms with Crippen LogP contribution in [0.2, 0.25) is 0 Å². The third-order valence-electron chi connectivity index (χ3n) is 6.94. The number of nitrogens with one attached hydrogen (secondary N) is 2. The van der Waals surface area contributed by atoms with Crippen molar-refractivity contribution in [1.29, 1.82) is 0 Å². The van der Waals surface area contributed by atoms with Crippen LogP contribution in [-0.4, -0.2) is 34.1 Å². The minimum Gasteiger partial charge on any atom is -0.454 e. The molecule has 8 heteroatoms. The minimum absolute atomic E-state index is 0.0638. The lowest BCUT2D eigenvalue weighted by Crippen LogP contribution is -2.56. The molecule has 4 fully saturated rings. The van der Waals surface area contributed by atoms with Crippen LogP contribution in [0.4, 0.5) is 0 Å². The standard InChI is InChI=1S/C20H27N3O5/c1-12(20-7-13-4-14(8-20)6-15(5-13)9-20)21-17(25)11-28-18(26)10-23-3-2-16(24)22-19(23)27/h2-3,12-15H,4-11H2,1H3,(H,21,25)(H,22,24,27)/t12-,13?,14?,15?,20?/m1/s1. The van der Waals surface area contributed by atoms with Gasteiger partial charge in [-0.25, -0.2) is 4.79 Å². The second-order valence-electron chi connectivity index (χ2n) is 8.97. The van der Waals surface area contributed by atoms with Gasteiger partial charge in [0.05, 0.1) is 0 Å². The van der Waals surface area contributed by atoms with E-state index in [1.807, 2.05) is 0 Å². The Morgan fingerprint density at radius 2 is 1.82 bits per heavy atom. The van der Waals surface area contributed by atoms with E-state index in [9.17, 15) is 19.2 Å². The maximum atomic E-state index is 12.3. The molecule has 0 radical (unpaired) electrons. The number of nitrogens with zero attached hydrogens (tertiary/aromatic N) is 1. The van der Waals surface area contributed by atoms with Crippen molar-refractivity contribution >= 4 is 11.9 Å². The number of amides is 1. The molecule has 1 heterocycles. The quantitative estimate of drug-likeness (QED) is 0.700. The first-order valence-corrected chi connectivity index (χ1v) is 10.1. The average Bonchev–Trinajstić information content (AvgIpc) is 2.61. The van der Waals surface area contributed by atoms with Crippen LogP contribution in [0, 0.1) is 23.2 Å². The maximum Gasteiger partial charge on any atom is 0.328 e. The van der Waals surface area contributed by atoms with Crippen LogP contribution < -0.4 is 16.6 Å². The summed E-state index contributed by atoms with van der Waals surface area (Å²) in [4.78, 5) is 48.9. The molecule has 4 bridgehead atoms. The molecule has 1 aromatic heterocycles. The van der Waals surface area contributed by atoms with E-state index < -0.39 is 17.2 Å². The summed E-state index contributed by atoms with van der Waals surface area (Å²) in [7, 11) is 0. The Labute approximate surface area is 162 Å². The molecule has 5 rings (SSSR count). The number of carbonyl (C=O) groups is 2. The predicted octanol–water partition coefficient (Wildman–Crippen LogP) is 0.801. The number of hydrogen-bond donors (Lipinski definition) is 2. The van der Waals surface area contributed by atoms with Crippen molar-refractivity contribution in [2.45, 2.75) is 58.0 Å². The van der Waals surface area contributed by atoms with Gasteiger partial charge in [0.2, 0.25) is 0 Å². The minimum atomic E-state index is -0.702. The average molecular weight is 389 g/mol. The van der Waals surface area contributed by atoms with Gasteiger partial charge in [-0.15, -0.1) is 0 Å². The van der Waals surface area contributed by atoms with Gasteiger partial charge in [-0.3, -0.25) is 23.9 Å². The third-order valence-corrected chi connectivity index (χ3v) is 6.94. The summed E-state index contributed by atoms with van der Waals surface area (Å²) >= 11 is 0. The lowest BCUT2D eigenvalue weighted by Gasteiger charge is -2.59. The number of aromatic amines is 1. The van der Waals surface area contributed by atoms with Crippen LogP contribution in [0.25, 0.3) is 0 Å². The van der Waals surface area contributed by atoms with Crippen LogP contribution in [0.1, 0.15) is 45.4 Å². The Balaban J connectivity index is 1.28. The van der Waals surface area contributed by atoms with Crippen molar-refractivity contribution in [3.8, 4) is 0 Å². The van der Waals surface area contributed by atoms with Gasteiger partial charge in [0.15, 0.2) is 6.61 Å². The van der Waals surface area contributed by atoms with Crippen LogP contribution in [0.5, 0.6) is 0 Å². The number of rotatable bonds is 6. The largest absolute Gasteiger partial charge is 0.454 e. The first kappa shape index (κ1) is 19.0. The highest BCUT2D eigenvalue weighted by molar-refractivity contribution is 5.80. The van der Waals surface area contributed by atoms with Crippen LogP contribution in [-0.2, 0) is 20.9 Å². The van der Waals surface area contributed by atoms with Gasteiger partial charge in [-0.1, -0.05) is 0 Å². The van der Waals surface area contributed by atoms with E-state index in [4.69, 9.17) is 4.74 Å². The van der Waals surface area contributed by atoms with Crippen LogP contribution in [0.15, 0.2) is 21.9 Å². The molecule has 1 aromatic rings. The van der Waals surface area contributed by atoms with Gasteiger partial charge >= 0.3 is 11.7 Å². The van der Waals surface area contributed by atoms with Gasteiger partial charge in [0.25, 0.3) is 11.5 Å². The van der Waals surface area contributed by atoms with E-state index in [0.29, 0.717) is 0 Å². The lowest BCUT2D eigenvalue weighted by atomic mass is 9.48. The van der Waals surface area contributed by atoms with Gasteiger partial charge in [0.1, 0.15) is 6.54 Å². The summed E-state index contributed by atoms with van der Waals surface area (Å²) in [5, 5.41) is 3.04. The molecule has 4 aliphatic carbocycles. The number of ether oxygens (including phenoxy) is 1. The molecule has 4 aliphatic rings. The monoisotopic (exact) mass is 389 g/mol. The smallest absolute Gasteiger partial charge is 0.328 e. The summed E-state index contributed by atoms with van der Waals surface area (Å²) in [5.74, 6) is 1.40. The molecule has 2 N–H and O–H groups in total. The summed E-state index contributed by atoms with van der Waals surface area (Å²) in [6.45, 7) is 1.35. The molecule has 1 atom stereocenters. The van der Waals surface area contributed by atoms with Gasteiger partial charge in [-0.2, -0.15) is 0 Å². The predicted molar refractivity (Wildman–Crippen MR) is 100 cm³/mol. The molecule has 0 unspecified atom stereocenters. The van der Waals surface area contributed by atoms with Crippen molar-refractivity contribution in [3.05, 3.63) is 33.1 Å². The molecule has 28 heavy (non-hydrogen) atoms. The molecule has 0 spiro atoms. The molecular weight excluding hydrogens is 362 g/mol. The molecule has 4 saturated carbocycles. The van der Waals surface area contributed by atoms with Crippen molar-refractivity contribution in [1.82, 2.24) is 14.9 Å². The molecule has 0 saturated heterocycles. The lowest BCUT2D eigenvalue weighted by molar-refractivity contribution is -0.150. The fraction of sp³-hybridized carbons (Fsp3) is 0.700. The molecular formula is C20H27N3O5. The van der Waals surface area contributed by atoms with E-state index in [2.05, 4.69) is 17.2 Å². The van der Waals surface area contributed by atoms with E-state index in [-0.39, 0.29) is 30.5 Å². The Hall–Kier alpha value is -2.38. The normalized spacial score (nSPS) is 31.4. The fourth-order valence-electron chi connectivity index (χ4n) is 6.04. The maximum absolute atomic E-state index is 12.3. The third kappa shape index (κ3) is 3.77. The Morgan fingerprint density at radius 1 is 1.21 bits per heavy atom. The SMILES string of the molecule is C[C@@H](NC(=O)COC(=O)Cn1ccc(=O)[nH]c1=O)C12CC3CC(CC(C3)C1)C2.